The third-order valence-electron chi connectivity index (χ3n) is 4.75. The quantitative estimate of drug-likeness (QED) is 0.828. The number of hydrogen-bond acceptors (Lipinski definition) is 6. The van der Waals surface area contributed by atoms with Gasteiger partial charge in [0.15, 0.2) is 0 Å². The predicted molar refractivity (Wildman–Crippen MR) is 91.7 cm³/mol. The van der Waals surface area contributed by atoms with Crippen LogP contribution in [0.15, 0.2) is 37.2 Å². The molecule has 1 spiro atoms. The molecule has 0 saturated carbocycles. The molecule has 2 atom stereocenters. The molecule has 2 aromatic rings. The van der Waals surface area contributed by atoms with Crippen LogP contribution in [0.2, 0.25) is 0 Å². The van der Waals surface area contributed by atoms with Crippen LogP contribution in [0.3, 0.4) is 0 Å². The number of hydrogen-bond donors (Lipinski definition) is 1. The number of nitrogens with zero attached hydrogens (tertiary/aromatic N) is 5. The molecule has 4 rings (SSSR count). The lowest BCUT2D eigenvalue weighted by atomic mass is 9.89. The molecule has 2 aliphatic heterocycles. The Balaban J connectivity index is 0.000000279. The summed E-state index contributed by atoms with van der Waals surface area (Å²) < 4.78 is 40.1. The molecule has 2 fully saturated rings. The number of ether oxygens (including phenoxy) is 1. The van der Waals surface area contributed by atoms with Crippen molar-refractivity contribution in [2.24, 2.45) is 0 Å². The summed E-state index contributed by atoms with van der Waals surface area (Å²) in [6.45, 7) is 2.65. The highest BCUT2D eigenvalue weighted by molar-refractivity contribution is 5.73. The second kappa shape index (κ2) is 8.13. The Bertz CT molecular complexity index is 772. The lowest BCUT2D eigenvalue weighted by molar-refractivity contribution is -0.192. The van der Waals surface area contributed by atoms with Crippen LogP contribution >= 0.6 is 0 Å². The number of aliphatic carboxylic acids is 1. The molecule has 0 amide bonds. The molecule has 1 N–H and O–H groups in total. The van der Waals surface area contributed by atoms with Crippen LogP contribution in [0.4, 0.5) is 19.1 Å². The average Bonchev–Trinajstić information content (AvgIpc) is 3.33. The number of halogens is 3. The van der Waals surface area contributed by atoms with Crippen molar-refractivity contribution >= 4 is 11.9 Å². The van der Waals surface area contributed by atoms with Gasteiger partial charge in [-0.3, -0.25) is 0 Å². The fourth-order valence-corrected chi connectivity index (χ4v) is 3.50. The normalized spacial score (nSPS) is 24.7. The van der Waals surface area contributed by atoms with Crippen LogP contribution in [0.25, 0.3) is 0 Å². The van der Waals surface area contributed by atoms with Gasteiger partial charge in [0.1, 0.15) is 0 Å². The number of carbonyl (C=O) groups is 1. The number of carboxylic acids is 1. The van der Waals surface area contributed by atoms with Gasteiger partial charge in [0.2, 0.25) is 5.95 Å². The molecule has 4 heterocycles. The van der Waals surface area contributed by atoms with Crippen molar-refractivity contribution in [2.45, 2.75) is 37.1 Å². The first-order valence-electron chi connectivity index (χ1n) is 8.73. The van der Waals surface area contributed by atoms with E-state index >= 15 is 0 Å². The maximum Gasteiger partial charge on any atom is 0.490 e. The topological polar surface area (TPSA) is 93.4 Å². The Hall–Kier alpha value is -2.69. The van der Waals surface area contributed by atoms with Gasteiger partial charge in [-0.05, 0) is 18.9 Å². The van der Waals surface area contributed by atoms with Gasteiger partial charge in [-0.15, -0.1) is 0 Å². The van der Waals surface area contributed by atoms with Crippen LogP contribution < -0.4 is 4.90 Å². The first-order valence-corrected chi connectivity index (χ1v) is 8.73. The largest absolute Gasteiger partial charge is 0.490 e. The summed E-state index contributed by atoms with van der Waals surface area (Å²) in [6, 6.07) is 2.24. The fraction of sp³-hybridized carbons (Fsp3) is 0.529. The first kappa shape index (κ1) is 20.1. The summed E-state index contributed by atoms with van der Waals surface area (Å²) >= 11 is 0. The number of anilines is 1. The molecular weight excluding hydrogens is 379 g/mol. The molecule has 2 unspecified atom stereocenters. The summed E-state index contributed by atoms with van der Waals surface area (Å²) in [7, 11) is 0. The number of imidazole rings is 1. The van der Waals surface area contributed by atoms with Crippen molar-refractivity contribution in [1.82, 2.24) is 19.5 Å². The van der Waals surface area contributed by atoms with Gasteiger partial charge in [0.25, 0.3) is 0 Å². The highest BCUT2D eigenvalue weighted by Gasteiger charge is 2.44. The molecule has 2 saturated heterocycles. The van der Waals surface area contributed by atoms with E-state index in [0.717, 1.165) is 44.9 Å². The van der Waals surface area contributed by atoms with E-state index in [2.05, 4.69) is 24.4 Å². The zero-order valence-corrected chi connectivity index (χ0v) is 14.9. The summed E-state index contributed by atoms with van der Waals surface area (Å²) in [5, 5.41) is 7.12. The minimum Gasteiger partial charge on any atom is -0.475 e. The van der Waals surface area contributed by atoms with E-state index in [0.29, 0.717) is 6.04 Å². The molecule has 0 aliphatic carbocycles. The minimum atomic E-state index is -5.08. The van der Waals surface area contributed by atoms with Crippen LogP contribution in [-0.2, 0) is 9.53 Å². The SMILES string of the molecule is O=C(O)C(F)(F)F.c1cnc(N2CCCC3(CC(n4ccnc4)CO3)C2)nc1. The van der Waals surface area contributed by atoms with Crippen molar-refractivity contribution in [3.63, 3.8) is 0 Å². The lowest BCUT2D eigenvalue weighted by Gasteiger charge is -2.39. The van der Waals surface area contributed by atoms with Crippen LogP contribution in [0, 0.1) is 0 Å². The van der Waals surface area contributed by atoms with E-state index in [1.807, 2.05) is 24.8 Å². The minimum absolute atomic E-state index is 0.0631. The molecule has 0 bridgehead atoms. The maximum absolute atomic E-state index is 10.6. The first-order chi connectivity index (χ1) is 13.3. The fourth-order valence-electron chi connectivity index (χ4n) is 3.50. The second-order valence-corrected chi connectivity index (χ2v) is 6.74. The molecule has 8 nitrogen and oxygen atoms in total. The standard InChI is InChI=1S/C15H19N5O.C2HF3O2/c1-3-15(9-13(10-21-15)20-8-6-16-12-20)11-19(7-1)14-17-4-2-5-18-14;3-2(4,5)1(6)7/h2,4-6,8,12-13H,1,3,7,9-11H2;(H,6,7). The molecule has 0 aromatic carbocycles. The van der Waals surface area contributed by atoms with Gasteiger partial charge >= 0.3 is 12.1 Å². The zero-order chi connectivity index (χ0) is 20.2. The van der Waals surface area contributed by atoms with Crippen molar-refractivity contribution in [1.29, 1.82) is 0 Å². The number of rotatable bonds is 2. The predicted octanol–water partition coefficient (Wildman–Crippen LogP) is 2.31. The third kappa shape index (κ3) is 4.77. The highest BCUT2D eigenvalue weighted by Crippen LogP contribution is 2.39. The van der Waals surface area contributed by atoms with Gasteiger partial charge in [0.05, 0.1) is 24.6 Å². The number of aromatic nitrogens is 4. The van der Waals surface area contributed by atoms with Gasteiger partial charge in [0, 0.05) is 44.3 Å². The van der Waals surface area contributed by atoms with Crippen molar-refractivity contribution in [3.05, 3.63) is 37.2 Å². The van der Waals surface area contributed by atoms with E-state index in [1.165, 1.54) is 0 Å². The van der Waals surface area contributed by atoms with E-state index in [-0.39, 0.29) is 5.60 Å². The molecule has 152 valence electrons. The third-order valence-corrected chi connectivity index (χ3v) is 4.75. The number of piperidine rings is 1. The van der Waals surface area contributed by atoms with Crippen molar-refractivity contribution < 1.29 is 27.8 Å². The molecule has 2 aliphatic rings. The van der Waals surface area contributed by atoms with Crippen molar-refractivity contribution in [2.75, 3.05) is 24.6 Å². The van der Waals surface area contributed by atoms with Gasteiger partial charge in [-0.25, -0.2) is 19.7 Å². The van der Waals surface area contributed by atoms with Gasteiger partial charge in [-0.2, -0.15) is 13.2 Å². The van der Waals surface area contributed by atoms with E-state index in [1.54, 1.807) is 12.4 Å². The number of alkyl halides is 3. The van der Waals surface area contributed by atoms with E-state index in [4.69, 9.17) is 14.6 Å². The van der Waals surface area contributed by atoms with Crippen LogP contribution in [0.1, 0.15) is 25.3 Å². The molecule has 28 heavy (non-hydrogen) atoms. The molecule has 11 heteroatoms. The zero-order valence-electron chi connectivity index (χ0n) is 14.9. The average molecular weight is 399 g/mol. The van der Waals surface area contributed by atoms with E-state index in [9.17, 15) is 13.2 Å². The summed E-state index contributed by atoms with van der Waals surface area (Å²) in [5.41, 5.74) is -0.0631. The Morgan fingerprint density at radius 2 is 2.00 bits per heavy atom. The highest BCUT2D eigenvalue weighted by atomic mass is 19.4. The van der Waals surface area contributed by atoms with Crippen LogP contribution in [0.5, 0.6) is 0 Å². The summed E-state index contributed by atoms with van der Waals surface area (Å²) in [6.07, 6.45) is 7.52. The Kier molecular flexibility index (Phi) is 5.82. The molecule has 0 radical (unpaired) electrons. The smallest absolute Gasteiger partial charge is 0.475 e. The molecular formula is C17H20F3N5O3. The summed E-state index contributed by atoms with van der Waals surface area (Å²) in [5.74, 6) is -1.95. The van der Waals surface area contributed by atoms with Crippen LogP contribution in [-0.4, -0.2) is 62.1 Å². The second-order valence-electron chi connectivity index (χ2n) is 6.74. The number of carboxylic acid groups (broad SMARTS) is 1. The van der Waals surface area contributed by atoms with Gasteiger partial charge in [-0.1, -0.05) is 0 Å². The van der Waals surface area contributed by atoms with E-state index < -0.39 is 12.1 Å². The Morgan fingerprint density at radius 1 is 1.29 bits per heavy atom. The maximum atomic E-state index is 10.6. The Labute approximate surface area is 159 Å². The summed E-state index contributed by atoms with van der Waals surface area (Å²) in [4.78, 5) is 24.0. The monoisotopic (exact) mass is 399 g/mol. The van der Waals surface area contributed by atoms with Crippen molar-refractivity contribution in [3.8, 4) is 0 Å². The Morgan fingerprint density at radius 3 is 2.61 bits per heavy atom. The van der Waals surface area contributed by atoms with Gasteiger partial charge < -0.3 is 19.3 Å². The molecule has 2 aromatic heterocycles. The lowest BCUT2D eigenvalue weighted by Crippen LogP contribution is -2.48.